The van der Waals surface area contributed by atoms with Crippen LogP contribution in [0, 0.1) is 41.4 Å². The van der Waals surface area contributed by atoms with E-state index in [4.69, 9.17) is 28.4 Å². The predicted molar refractivity (Wildman–Crippen MR) is 203 cm³/mol. The smallest absolute Gasteiger partial charge is 0.316 e. The normalized spacial score (nSPS) is 41.9. The van der Waals surface area contributed by atoms with E-state index in [1.807, 2.05) is 83.1 Å². The highest BCUT2D eigenvalue weighted by Gasteiger charge is 2.74. The second kappa shape index (κ2) is 17.1. The Labute approximate surface area is 326 Å². The first kappa shape index (κ1) is 43.0. The molecule has 1 aromatic rings. The highest BCUT2D eigenvalue weighted by atomic mass is 16.7. The van der Waals surface area contributed by atoms with Crippen molar-refractivity contribution >= 4 is 23.7 Å². The average molecular weight is 770 g/mol. The van der Waals surface area contributed by atoms with Crippen molar-refractivity contribution in [3.8, 4) is 0 Å². The van der Waals surface area contributed by atoms with Gasteiger partial charge in [0.25, 0.3) is 0 Å². The van der Waals surface area contributed by atoms with Crippen molar-refractivity contribution in [1.29, 1.82) is 0 Å². The van der Waals surface area contributed by atoms with Crippen molar-refractivity contribution in [2.24, 2.45) is 41.4 Å². The van der Waals surface area contributed by atoms with Crippen LogP contribution in [0.25, 0.3) is 0 Å². The van der Waals surface area contributed by atoms with Gasteiger partial charge in [0.1, 0.15) is 30.3 Å². The molecule has 3 aliphatic heterocycles. The minimum atomic E-state index is -1.17. The van der Waals surface area contributed by atoms with Gasteiger partial charge in [0.2, 0.25) is 0 Å². The van der Waals surface area contributed by atoms with Gasteiger partial charge < -0.3 is 38.4 Å². The van der Waals surface area contributed by atoms with Gasteiger partial charge in [0, 0.05) is 25.0 Å². The second-order valence-corrected chi connectivity index (χ2v) is 17.1. The Bertz CT molecular complexity index is 1580. The molecule has 12 nitrogen and oxygen atoms in total. The lowest BCUT2D eigenvalue weighted by Gasteiger charge is -2.47. The fourth-order valence-corrected chi connectivity index (χ4v) is 9.87. The molecule has 15 atom stereocenters. The van der Waals surface area contributed by atoms with Gasteiger partial charge in [-0.15, -0.1) is 0 Å². The number of hydrogen-bond donors (Lipinski definition) is 1. The molecule has 55 heavy (non-hydrogen) atoms. The number of likely N-dealkylation sites (N-methyl/N-ethyl adjacent to an activating group) is 1. The number of allylic oxidation sites excluding steroid dienone is 1. The lowest BCUT2D eigenvalue weighted by atomic mass is 9.74. The Balaban J connectivity index is 1.55. The van der Waals surface area contributed by atoms with E-state index in [9.17, 15) is 24.3 Å². The van der Waals surface area contributed by atoms with Crippen molar-refractivity contribution in [2.45, 2.75) is 129 Å². The number of Topliss-reactive ketones (excluding diaryl/α,β-unsaturated/α-hetero) is 1. The van der Waals surface area contributed by atoms with Crippen LogP contribution in [0.2, 0.25) is 0 Å². The number of hydrogen-bond acceptors (Lipinski definition) is 12. The van der Waals surface area contributed by atoms with Crippen LogP contribution in [0.15, 0.2) is 42.0 Å². The van der Waals surface area contributed by atoms with Crippen molar-refractivity contribution < 1.29 is 52.7 Å². The molecule has 12 heteroatoms. The molecule has 5 rings (SSSR count). The maximum absolute atomic E-state index is 14.4. The first-order valence-electron chi connectivity index (χ1n) is 19.9. The standard InChI is InChI=1S/C43H63NO11/c1-12-31-43(8)35-33(34(35)40(49)55-43)25(4)29(18-19-51-32(45)21-28-16-14-13-15-17-28)23(2)22-42(7,50-11)38(26(5)36(46)27(6)39(48)53-31)54-41-37(47)30(44(9)10)20-24(3)52-41/h13-18,23-27,30-31,33-35,37-38,41,47H,12,19-22H2,1-11H3/b29-18+/t23-,24-,25+,26+,27-,30+,31-,33?,34?,35+,37-,38-,41+,42-,43-/m1/s1. The Hall–Kier alpha value is -3.16. The van der Waals surface area contributed by atoms with Crippen LogP contribution in [0.3, 0.4) is 0 Å². The summed E-state index contributed by atoms with van der Waals surface area (Å²) >= 11 is 0. The number of esters is 3. The van der Waals surface area contributed by atoms with Crippen LogP contribution in [0.5, 0.6) is 0 Å². The summed E-state index contributed by atoms with van der Waals surface area (Å²) in [4.78, 5) is 56.5. The fraction of sp³-hybridized carbons (Fsp3) is 0.721. The number of cyclic esters (lactones) is 1. The van der Waals surface area contributed by atoms with Gasteiger partial charge in [0.15, 0.2) is 12.1 Å². The third-order valence-electron chi connectivity index (χ3n) is 13.0. The van der Waals surface area contributed by atoms with Gasteiger partial charge in [-0.25, -0.2) is 0 Å². The van der Waals surface area contributed by atoms with Crippen molar-refractivity contribution in [2.75, 3.05) is 27.8 Å². The number of fused-ring (bicyclic) bond motifs is 1. The van der Waals surface area contributed by atoms with Gasteiger partial charge in [-0.2, -0.15) is 0 Å². The maximum atomic E-state index is 14.4. The van der Waals surface area contributed by atoms with Crippen LogP contribution in [-0.2, 0) is 54.0 Å². The summed E-state index contributed by atoms with van der Waals surface area (Å²) in [5, 5.41) is 11.5. The molecule has 1 aliphatic carbocycles. The van der Waals surface area contributed by atoms with Crippen LogP contribution >= 0.6 is 0 Å². The van der Waals surface area contributed by atoms with E-state index in [-0.39, 0.29) is 60.8 Å². The van der Waals surface area contributed by atoms with E-state index >= 15 is 0 Å². The predicted octanol–water partition coefficient (Wildman–Crippen LogP) is 4.93. The molecule has 3 saturated heterocycles. The number of methoxy groups -OCH3 is 1. The third-order valence-corrected chi connectivity index (χ3v) is 13.0. The van der Waals surface area contributed by atoms with E-state index in [1.54, 1.807) is 14.0 Å². The summed E-state index contributed by atoms with van der Waals surface area (Å²) < 4.78 is 37.1. The number of aliphatic hydroxyl groups is 1. The lowest BCUT2D eigenvalue weighted by Crippen LogP contribution is -2.59. The van der Waals surface area contributed by atoms with E-state index in [0.717, 1.165) is 11.1 Å². The van der Waals surface area contributed by atoms with Gasteiger partial charge in [-0.3, -0.25) is 19.2 Å². The summed E-state index contributed by atoms with van der Waals surface area (Å²) in [5.41, 5.74) is -0.427. The minimum Gasteiger partial charge on any atom is -0.461 e. The molecule has 0 amide bonds. The van der Waals surface area contributed by atoms with Crippen molar-refractivity contribution in [3.63, 3.8) is 0 Å². The average Bonchev–Trinajstić information content (AvgIpc) is 3.85. The molecule has 1 aromatic carbocycles. The van der Waals surface area contributed by atoms with Gasteiger partial charge >= 0.3 is 17.9 Å². The number of aliphatic hydroxyl groups excluding tert-OH is 1. The summed E-state index contributed by atoms with van der Waals surface area (Å²) in [6, 6.07) is 9.14. The Morgan fingerprint density at radius 1 is 1.02 bits per heavy atom. The van der Waals surface area contributed by atoms with Gasteiger partial charge in [-0.1, -0.05) is 63.6 Å². The number of benzene rings is 1. The third kappa shape index (κ3) is 8.73. The molecule has 0 aromatic heterocycles. The topological polar surface area (TPSA) is 147 Å². The van der Waals surface area contributed by atoms with Crippen LogP contribution in [0.4, 0.5) is 0 Å². The molecule has 2 unspecified atom stereocenters. The Kier molecular flexibility index (Phi) is 13.4. The van der Waals surface area contributed by atoms with Crippen molar-refractivity contribution in [3.05, 3.63) is 47.5 Å². The van der Waals surface area contributed by atoms with Crippen LogP contribution in [-0.4, -0.2) is 109 Å². The first-order chi connectivity index (χ1) is 25.9. The SMILES string of the molecule is CC[C@H]1OC(=O)[C@H](C)C(=O)[C@H](C)[C@@H](O[C@@H]2O[C@H](C)C[C@H](N(C)C)[C@H]2O)[C@](C)(OC)C[C@@H](C)/C(=C\COC(=O)Cc2ccccc2)[C@H](C)C2C3C(=O)O[C@@]1(C)[C@H]32. The zero-order valence-corrected chi connectivity index (χ0v) is 34.5. The molecule has 1 N–H and O–H groups in total. The molecule has 3 heterocycles. The Morgan fingerprint density at radius 2 is 1.69 bits per heavy atom. The zero-order valence-electron chi connectivity index (χ0n) is 34.5. The van der Waals surface area contributed by atoms with E-state index < -0.39 is 65.3 Å². The molecular weight excluding hydrogens is 706 g/mol. The van der Waals surface area contributed by atoms with E-state index in [2.05, 4.69) is 13.8 Å². The largest absolute Gasteiger partial charge is 0.461 e. The summed E-state index contributed by atoms with van der Waals surface area (Å²) in [5.74, 6) is -5.00. The monoisotopic (exact) mass is 769 g/mol. The lowest BCUT2D eigenvalue weighted by molar-refractivity contribution is -0.295. The number of rotatable bonds is 9. The minimum absolute atomic E-state index is 0.0244. The molecule has 0 spiro atoms. The summed E-state index contributed by atoms with van der Waals surface area (Å²) in [6.45, 7) is 14.9. The summed E-state index contributed by atoms with van der Waals surface area (Å²) in [6.07, 6.45) is -0.730. The van der Waals surface area contributed by atoms with Crippen LogP contribution < -0.4 is 0 Å². The highest BCUT2D eigenvalue weighted by Crippen LogP contribution is 2.65. The molecule has 4 aliphatic rings. The second-order valence-electron chi connectivity index (χ2n) is 17.1. The molecule has 1 saturated carbocycles. The van der Waals surface area contributed by atoms with E-state index in [1.165, 1.54) is 6.92 Å². The quantitative estimate of drug-likeness (QED) is 0.157. The zero-order chi connectivity index (χ0) is 40.6. The van der Waals surface area contributed by atoms with Crippen molar-refractivity contribution in [1.82, 2.24) is 4.90 Å². The van der Waals surface area contributed by atoms with Gasteiger partial charge in [-0.05, 0) is 90.4 Å². The highest BCUT2D eigenvalue weighted by molar-refractivity contribution is 6.00. The number of carbonyl (C=O) groups is 4. The number of nitrogens with zero attached hydrogens (tertiary/aromatic N) is 1. The number of carbonyl (C=O) groups excluding carboxylic acids is 4. The maximum Gasteiger partial charge on any atom is 0.316 e. The first-order valence-corrected chi connectivity index (χ1v) is 19.9. The molecule has 0 bridgehead atoms. The van der Waals surface area contributed by atoms with Crippen LogP contribution in [0.1, 0.15) is 80.2 Å². The molecule has 0 radical (unpaired) electrons. The number of ether oxygens (including phenoxy) is 6. The summed E-state index contributed by atoms with van der Waals surface area (Å²) in [7, 11) is 5.34. The molecular formula is C43H63NO11. The Morgan fingerprint density at radius 3 is 2.31 bits per heavy atom. The fourth-order valence-electron chi connectivity index (χ4n) is 9.87. The van der Waals surface area contributed by atoms with Gasteiger partial charge in [0.05, 0.1) is 30.1 Å². The number of ketones is 1. The molecule has 4 fully saturated rings. The molecule has 306 valence electrons. The van der Waals surface area contributed by atoms with E-state index in [0.29, 0.717) is 19.3 Å².